The number of hydrogen-bond donors (Lipinski definition) is 0. The van der Waals surface area contributed by atoms with E-state index < -0.39 is 0 Å². The molecule has 0 amide bonds. The van der Waals surface area contributed by atoms with Gasteiger partial charge in [0.1, 0.15) is 17.6 Å². The first kappa shape index (κ1) is 26.0. The van der Waals surface area contributed by atoms with E-state index in [1.165, 1.54) is 24.8 Å². The molecule has 0 bridgehead atoms. The zero-order chi connectivity index (χ0) is 25.3. The maximum Gasteiger partial charge on any atom is 0.328 e. The van der Waals surface area contributed by atoms with Crippen molar-refractivity contribution in [2.45, 2.75) is 65.3 Å². The number of hydrogen-bond acceptors (Lipinski definition) is 6. The monoisotopic (exact) mass is 490 g/mol. The van der Waals surface area contributed by atoms with Crippen LogP contribution >= 0.6 is 0 Å². The molecule has 0 radical (unpaired) electrons. The third-order valence-corrected chi connectivity index (χ3v) is 6.78. The smallest absolute Gasteiger partial charge is 0.328 e. The van der Waals surface area contributed by atoms with E-state index in [4.69, 9.17) is 13.9 Å². The highest BCUT2D eigenvalue weighted by Gasteiger charge is 2.34. The van der Waals surface area contributed by atoms with Crippen molar-refractivity contribution in [3.05, 3.63) is 71.1 Å². The van der Waals surface area contributed by atoms with Crippen molar-refractivity contribution >= 4 is 5.97 Å². The van der Waals surface area contributed by atoms with Gasteiger partial charge < -0.3 is 13.9 Å². The number of aryl methyl sites for hydroxylation is 1. The van der Waals surface area contributed by atoms with E-state index in [-0.39, 0.29) is 12.0 Å². The van der Waals surface area contributed by atoms with Gasteiger partial charge >= 0.3 is 5.97 Å². The summed E-state index contributed by atoms with van der Waals surface area (Å²) in [6, 6.07) is 15.7. The number of nitrogens with zero attached hydrogens (tertiary/aromatic N) is 2. The highest BCUT2D eigenvalue weighted by molar-refractivity contribution is 5.79. The molecular weight excluding hydrogens is 452 g/mol. The van der Waals surface area contributed by atoms with Crippen LogP contribution in [0.5, 0.6) is 5.75 Å². The lowest BCUT2D eigenvalue weighted by atomic mass is 9.92. The Kier molecular flexibility index (Phi) is 9.17. The van der Waals surface area contributed by atoms with Gasteiger partial charge in [-0.15, -0.1) is 0 Å². The minimum absolute atomic E-state index is 0.169. The number of oxazole rings is 1. The molecule has 192 valence electrons. The van der Waals surface area contributed by atoms with Crippen molar-refractivity contribution in [3.8, 4) is 17.2 Å². The lowest BCUT2D eigenvalue weighted by Gasteiger charge is -2.36. The number of unbranched alkanes of at least 4 members (excludes halogenated alkanes) is 3. The van der Waals surface area contributed by atoms with E-state index in [1.807, 2.05) is 56.3 Å². The Balaban J connectivity index is 1.43. The van der Waals surface area contributed by atoms with E-state index in [0.717, 1.165) is 54.3 Å². The largest absolute Gasteiger partial charge is 0.493 e. The first-order chi connectivity index (χ1) is 17.6. The van der Waals surface area contributed by atoms with Crippen molar-refractivity contribution in [3.63, 3.8) is 0 Å². The summed E-state index contributed by atoms with van der Waals surface area (Å²) >= 11 is 0. The van der Waals surface area contributed by atoms with Crippen molar-refractivity contribution in [1.29, 1.82) is 0 Å². The molecule has 0 aliphatic carbocycles. The minimum Gasteiger partial charge on any atom is -0.493 e. The summed E-state index contributed by atoms with van der Waals surface area (Å²) in [7, 11) is 0. The summed E-state index contributed by atoms with van der Waals surface area (Å²) in [6.07, 6.45) is 6.28. The molecule has 0 fully saturated rings. The molecule has 0 saturated heterocycles. The highest BCUT2D eigenvalue weighted by Crippen LogP contribution is 2.34. The molecule has 1 atom stereocenters. The fourth-order valence-electron chi connectivity index (χ4n) is 4.84. The Morgan fingerprint density at radius 1 is 1.11 bits per heavy atom. The van der Waals surface area contributed by atoms with Crippen LogP contribution in [0.1, 0.15) is 68.2 Å². The summed E-state index contributed by atoms with van der Waals surface area (Å²) in [5, 5.41) is 0. The second-order valence-electron chi connectivity index (χ2n) is 9.35. The number of esters is 1. The van der Waals surface area contributed by atoms with Crippen LogP contribution in [0.25, 0.3) is 11.5 Å². The molecule has 2 aromatic carbocycles. The molecular formula is C30H38N2O4. The quantitative estimate of drug-likeness (QED) is 0.219. The number of carbonyl (C=O) groups excluding carboxylic acids is 1. The van der Waals surface area contributed by atoms with Crippen LogP contribution in [0, 0.1) is 6.92 Å². The van der Waals surface area contributed by atoms with Gasteiger partial charge in [-0.05, 0) is 68.6 Å². The maximum atomic E-state index is 13.0. The van der Waals surface area contributed by atoms with Crippen molar-refractivity contribution in [1.82, 2.24) is 9.88 Å². The molecule has 1 aliphatic rings. The lowest BCUT2D eigenvalue weighted by Crippen LogP contribution is -2.41. The molecule has 0 N–H and O–H groups in total. The molecule has 0 spiro atoms. The standard InChI is InChI=1S/C30H38N2O4/c1-4-6-7-11-18-32-19-16-23-14-15-25(21-26(23)28(32)30(33)34-5-2)35-20-17-27-22(3)36-29(31-27)24-12-9-8-10-13-24/h8-10,12-15,21,28H,4-7,11,16-20H2,1-3H3. The summed E-state index contributed by atoms with van der Waals surface area (Å²) in [4.78, 5) is 20.0. The molecule has 1 unspecified atom stereocenters. The summed E-state index contributed by atoms with van der Waals surface area (Å²) in [5.41, 5.74) is 4.07. The fraction of sp³-hybridized carbons (Fsp3) is 0.467. The topological polar surface area (TPSA) is 64.8 Å². The Labute approximate surface area is 214 Å². The number of benzene rings is 2. The third kappa shape index (κ3) is 6.35. The van der Waals surface area contributed by atoms with Gasteiger partial charge in [-0.25, -0.2) is 9.78 Å². The molecule has 1 aliphatic heterocycles. The van der Waals surface area contributed by atoms with E-state index in [1.54, 1.807) is 0 Å². The zero-order valence-electron chi connectivity index (χ0n) is 21.8. The van der Waals surface area contributed by atoms with Crippen LogP contribution < -0.4 is 4.74 Å². The van der Waals surface area contributed by atoms with Gasteiger partial charge in [-0.1, -0.05) is 50.5 Å². The normalized spacial score (nSPS) is 15.5. The van der Waals surface area contributed by atoms with Gasteiger partial charge in [-0.3, -0.25) is 4.90 Å². The molecule has 6 heteroatoms. The summed E-state index contributed by atoms with van der Waals surface area (Å²) in [6.45, 7) is 8.65. The SMILES string of the molecule is CCCCCCN1CCc2ccc(OCCc3nc(-c4ccccc4)oc3C)cc2C1C(=O)OCC. The van der Waals surface area contributed by atoms with Crippen LogP contribution in [0.3, 0.4) is 0 Å². The van der Waals surface area contributed by atoms with Gasteiger partial charge in [-0.2, -0.15) is 0 Å². The summed E-state index contributed by atoms with van der Waals surface area (Å²) in [5.74, 6) is 2.04. The predicted octanol–water partition coefficient (Wildman–Crippen LogP) is 6.31. The molecule has 2 heterocycles. The molecule has 3 aromatic rings. The van der Waals surface area contributed by atoms with Crippen LogP contribution in [0.4, 0.5) is 0 Å². The maximum absolute atomic E-state index is 13.0. The number of carbonyl (C=O) groups is 1. The molecule has 4 rings (SSSR count). The fourth-order valence-corrected chi connectivity index (χ4v) is 4.84. The van der Waals surface area contributed by atoms with E-state index in [2.05, 4.69) is 22.9 Å². The second-order valence-corrected chi connectivity index (χ2v) is 9.35. The first-order valence-corrected chi connectivity index (χ1v) is 13.3. The van der Waals surface area contributed by atoms with Gasteiger partial charge in [0.05, 0.1) is 18.9 Å². The van der Waals surface area contributed by atoms with Crippen LogP contribution in [-0.2, 0) is 22.4 Å². The number of ether oxygens (including phenoxy) is 2. The van der Waals surface area contributed by atoms with Crippen molar-refractivity contribution in [2.75, 3.05) is 26.3 Å². The van der Waals surface area contributed by atoms with Gasteiger partial charge in [0.2, 0.25) is 5.89 Å². The first-order valence-electron chi connectivity index (χ1n) is 13.3. The minimum atomic E-state index is -0.370. The Bertz CT molecular complexity index is 1130. The van der Waals surface area contributed by atoms with Crippen molar-refractivity contribution < 1.29 is 18.7 Å². The Morgan fingerprint density at radius 2 is 1.94 bits per heavy atom. The number of aromatic nitrogens is 1. The molecule has 36 heavy (non-hydrogen) atoms. The average molecular weight is 491 g/mol. The molecule has 0 saturated carbocycles. The van der Waals surface area contributed by atoms with Crippen LogP contribution in [-0.4, -0.2) is 42.2 Å². The predicted molar refractivity (Wildman–Crippen MR) is 141 cm³/mol. The highest BCUT2D eigenvalue weighted by atomic mass is 16.5. The van der Waals surface area contributed by atoms with Gasteiger partial charge in [0.15, 0.2) is 0 Å². The lowest BCUT2D eigenvalue weighted by molar-refractivity contribution is -0.150. The zero-order valence-corrected chi connectivity index (χ0v) is 21.8. The van der Waals surface area contributed by atoms with E-state index >= 15 is 0 Å². The molecule has 6 nitrogen and oxygen atoms in total. The molecule has 1 aromatic heterocycles. The van der Waals surface area contributed by atoms with Gasteiger partial charge in [0, 0.05) is 18.5 Å². The van der Waals surface area contributed by atoms with Gasteiger partial charge in [0.25, 0.3) is 0 Å². The average Bonchev–Trinajstić information content (AvgIpc) is 3.27. The Hall–Kier alpha value is -3.12. The number of fused-ring (bicyclic) bond motifs is 1. The second kappa shape index (κ2) is 12.7. The van der Waals surface area contributed by atoms with Crippen LogP contribution in [0.2, 0.25) is 0 Å². The van der Waals surface area contributed by atoms with E-state index in [9.17, 15) is 4.79 Å². The number of rotatable bonds is 12. The van der Waals surface area contributed by atoms with E-state index in [0.29, 0.717) is 25.5 Å². The summed E-state index contributed by atoms with van der Waals surface area (Å²) < 4.78 is 17.5. The Morgan fingerprint density at radius 3 is 2.72 bits per heavy atom. The third-order valence-electron chi connectivity index (χ3n) is 6.78. The van der Waals surface area contributed by atoms with Crippen LogP contribution in [0.15, 0.2) is 52.9 Å². The van der Waals surface area contributed by atoms with Crippen molar-refractivity contribution in [2.24, 2.45) is 0 Å².